The van der Waals surface area contributed by atoms with Crippen molar-refractivity contribution in [3.63, 3.8) is 0 Å². The average Bonchev–Trinajstić information content (AvgIpc) is 3.58. The highest BCUT2D eigenvalue weighted by Gasteiger charge is 2.29. The molecule has 0 heterocycles. The van der Waals surface area contributed by atoms with Crippen molar-refractivity contribution in [1.82, 2.24) is 10.6 Å². The maximum atomic E-state index is 12.2. The number of amides is 4. The lowest BCUT2D eigenvalue weighted by molar-refractivity contribution is -0.117. The van der Waals surface area contributed by atoms with Crippen molar-refractivity contribution in [2.75, 3.05) is 30.8 Å². The van der Waals surface area contributed by atoms with E-state index >= 15 is 0 Å². The molecule has 152 valence electrons. The van der Waals surface area contributed by atoms with Gasteiger partial charge in [0.05, 0.1) is 7.11 Å². The molecule has 4 amide bonds. The number of ether oxygens (including phenoxy) is 1. The minimum atomic E-state index is -0.361. The molecule has 2 aromatic carbocycles. The summed E-state index contributed by atoms with van der Waals surface area (Å²) in [7, 11) is 1.57. The fourth-order valence-electron chi connectivity index (χ4n) is 2.60. The van der Waals surface area contributed by atoms with Crippen molar-refractivity contribution in [3.8, 4) is 5.75 Å². The summed E-state index contributed by atoms with van der Waals surface area (Å²) in [4.78, 5) is 35.7. The topological polar surface area (TPSA) is 109 Å². The molecule has 0 aromatic heterocycles. The van der Waals surface area contributed by atoms with Crippen LogP contribution in [-0.2, 0) is 4.79 Å². The van der Waals surface area contributed by atoms with Gasteiger partial charge in [0.15, 0.2) is 0 Å². The highest BCUT2D eigenvalue weighted by molar-refractivity contribution is 5.96. The van der Waals surface area contributed by atoms with Gasteiger partial charge in [-0.05, 0) is 61.4 Å². The van der Waals surface area contributed by atoms with E-state index in [4.69, 9.17) is 4.74 Å². The van der Waals surface area contributed by atoms with Crippen molar-refractivity contribution < 1.29 is 19.1 Å². The zero-order chi connectivity index (χ0) is 20.6. The van der Waals surface area contributed by atoms with Crippen LogP contribution in [0.5, 0.6) is 5.75 Å². The summed E-state index contributed by atoms with van der Waals surface area (Å²) >= 11 is 0. The Balaban J connectivity index is 1.35. The van der Waals surface area contributed by atoms with Crippen LogP contribution < -0.4 is 26.0 Å². The first-order valence-electron chi connectivity index (χ1n) is 9.43. The zero-order valence-corrected chi connectivity index (χ0v) is 16.2. The van der Waals surface area contributed by atoms with Crippen LogP contribution in [-0.4, -0.2) is 38.0 Å². The van der Waals surface area contributed by atoms with Crippen LogP contribution in [0.15, 0.2) is 48.5 Å². The van der Waals surface area contributed by atoms with Crippen molar-refractivity contribution in [3.05, 3.63) is 54.1 Å². The molecule has 1 aliphatic carbocycles. The third-order valence-corrected chi connectivity index (χ3v) is 4.41. The minimum Gasteiger partial charge on any atom is -0.497 e. The normalized spacial score (nSPS) is 12.6. The Kier molecular flexibility index (Phi) is 6.67. The molecule has 1 saturated carbocycles. The quantitative estimate of drug-likeness (QED) is 0.514. The number of hydrogen-bond acceptors (Lipinski definition) is 4. The van der Waals surface area contributed by atoms with Gasteiger partial charge in [-0.25, -0.2) is 4.79 Å². The molecule has 29 heavy (non-hydrogen) atoms. The van der Waals surface area contributed by atoms with Crippen molar-refractivity contribution >= 4 is 29.2 Å². The predicted molar refractivity (Wildman–Crippen MR) is 110 cm³/mol. The van der Waals surface area contributed by atoms with Gasteiger partial charge in [0.25, 0.3) is 5.91 Å². The minimum absolute atomic E-state index is 0.0289. The first-order chi connectivity index (χ1) is 14.0. The maximum absolute atomic E-state index is 12.2. The second-order valence-corrected chi connectivity index (χ2v) is 6.71. The lowest BCUT2D eigenvalue weighted by atomic mass is 10.2. The van der Waals surface area contributed by atoms with Gasteiger partial charge < -0.3 is 26.0 Å². The van der Waals surface area contributed by atoms with E-state index in [9.17, 15) is 14.4 Å². The van der Waals surface area contributed by atoms with E-state index in [1.54, 1.807) is 55.6 Å². The SMILES string of the molecule is COc1ccc(NC(=O)NCCNC(=O)c2ccc(NC(=O)C3CC3)cc2)cc1. The molecule has 2 aromatic rings. The molecule has 8 heteroatoms. The Hall–Kier alpha value is -3.55. The van der Waals surface area contributed by atoms with Crippen LogP contribution in [0.2, 0.25) is 0 Å². The Labute approximate surface area is 169 Å². The summed E-state index contributed by atoms with van der Waals surface area (Å²) in [5.74, 6) is 0.619. The smallest absolute Gasteiger partial charge is 0.319 e. The summed E-state index contributed by atoms with van der Waals surface area (Å²) in [6.45, 7) is 0.568. The summed E-state index contributed by atoms with van der Waals surface area (Å²) in [5, 5.41) is 10.9. The summed E-state index contributed by atoms with van der Waals surface area (Å²) < 4.78 is 5.06. The lowest BCUT2D eigenvalue weighted by Crippen LogP contribution is -2.36. The molecule has 0 aliphatic heterocycles. The number of methoxy groups -OCH3 is 1. The molecule has 1 aliphatic rings. The van der Waals surface area contributed by atoms with Crippen LogP contribution in [0, 0.1) is 5.92 Å². The first-order valence-corrected chi connectivity index (χ1v) is 9.43. The van der Waals surface area contributed by atoms with E-state index in [2.05, 4.69) is 21.3 Å². The number of rotatable bonds is 8. The number of urea groups is 1. The van der Waals surface area contributed by atoms with Gasteiger partial charge >= 0.3 is 6.03 Å². The molecule has 8 nitrogen and oxygen atoms in total. The highest BCUT2D eigenvalue weighted by atomic mass is 16.5. The molecule has 0 unspecified atom stereocenters. The predicted octanol–water partition coefficient (Wildman–Crippen LogP) is 2.60. The standard InChI is InChI=1S/C21H24N4O4/c1-29-18-10-8-17(9-11-18)25-21(28)23-13-12-22-19(26)14-4-6-16(7-5-14)24-20(27)15-2-3-15/h4-11,15H,2-3,12-13H2,1H3,(H,22,26)(H,24,27)(H2,23,25,28). The molecule has 0 atom stereocenters. The Morgan fingerprint density at radius 1 is 0.862 bits per heavy atom. The van der Waals surface area contributed by atoms with Gasteiger partial charge in [-0.1, -0.05) is 0 Å². The first kappa shape index (κ1) is 20.2. The van der Waals surface area contributed by atoms with Gasteiger partial charge in [0.2, 0.25) is 5.91 Å². The van der Waals surface area contributed by atoms with Crippen LogP contribution in [0.3, 0.4) is 0 Å². The number of carbonyl (C=O) groups is 3. The maximum Gasteiger partial charge on any atom is 0.319 e. The Morgan fingerprint density at radius 2 is 1.45 bits per heavy atom. The third-order valence-electron chi connectivity index (χ3n) is 4.41. The van der Waals surface area contributed by atoms with E-state index in [0.29, 0.717) is 22.7 Å². The number of carbonyl (C=O) groups excluding carboxylic acids is 3. The lowest BCUT2D eigenvalue weighted by Gasteiger charge is -2.10. The fourth-order valence-corrected chi connectivity index (χ4v) is 2.60. The van der Waals surface area contributed by atoms with Crippen molar-refractivity contribution in [2.45, 2.75) is 12.8 Å². The van der Waals surface area contributed by atoms with Crippen molar-refractivity contribution in [2.24, 2.45) is 5.92 Å². The van der Waals surface area contributed by atoms with E-state index in [1.165, 1.54) is 0 Å². The van der Waals surface area contributed by atoms with E-state index < -0.39 is 0 Å². The fraction of sp³-hybridized carbons (Fsp3) is 0.286. The number of anilines is 2. The number of benzene rings is 2. The molecule has 0 radical (unpaired) electrons. The van der Waals surface area contributed by atoms with Gasteiger partial charge in [-0.3, -0.25) is 9.59 Å². The molecule has 4 N–H and O–H groups in total. The van der Waals surface area contributed by atoms with Crippen LogP contribution in [0.1, 0.15) is 23.2 Å². The monoisotopic (exact) mass is 396 g/mol. The molecule has 0 spiro atoms. The van der Waals surface area contributed by atoms with Gasteiger partial charge in [-0.2, -0.15) is 0 Å². The molecule has 0 bridgehead atoms. The van der Waals surface area contributed by atoms with Crippen LogP contribution >= 0.6 is 0 Å². The second-order valence-electron chi connectivity index (χ2n) is 6.71. The third kappa shape index (κ3) is 6.24. The molecule has 1 fully saturated rings. The molecular weight excluding hydrogens is 372 g/mol. The van der Waals surface area contributed by atoms with E-state index in [0.717, 1.165) is 12.8 Å². The molecular formula is C21H24N4O4. The van der Waals surface area contributed by atoms with Crippen LogP contribution in [0.25, 0.3) is 0 Å². The van der Waals surface area contributed by atoms with E-state index in [1.807, 2.05) is 0 Å². The summed E-state index contributed by atoms with van der Waals surface area (Å²) in [6, 6.07) is 13.3. The van der Waals surface area contributed by atoms with Gasteiger partial charge in [0.1, 0.15) is 5.75 Å². The van der Waals surface area contributed by atoms with Crippen LogP contribution in [0.4, 0.5) is 16.2 Å². The Bertz CT molecular complexity index is 861. The van der Waals surface area contributed by atoms with Gasteiger partial charge in [-0.15, -0.1) is 0 Å². The second kappa shape index (κ2) is 9.59. The summed E-state index contributed by atoms with van der Waals surface area (Å²) in [5.41, 5.74) is 1.80. The average molecular weight is 396 g/mol. The highest BCUT2D eigenvalue weighted by Crippen LogP contribution is 2.30. The largest absolute Gasteiger partial charge is 0.497 e. The summed E-state index contributed by atoms with van der Waals surface area (Å²) in [6.07, 6.45) is 1.89. The zero-order valence-electron chi connectivity index (χ0n) is 16.2. The van der Waals surface area contributed by atoms with E-state index in [-0.39, 0.29) is 36.9 Å². The number of hydrogen-bond donors (Lipinski definition) is 4. The molecule has 3 rings (SSSR count). The molecule has 0 saturated heterocycles. The van der Waals surface area contributed by atoms with Gasteiger partial charge in [0, 0.05) is 35.9 Å². The van der Waals surface area contributed by atoms with Crippen molar-refractivity contribution in [1.29, 1.82) is 0 Å². The Morgan fingerprint density at radius 3 is 2.07 bits per heavy atom. The number of nitrogens with one attached hydrogen (secondary N) is 4.